The van der Waals surface area contributed by atoms with Crippen molar-refractivity contribution >= 4 is 5.91 Å². The summed E-state index contributed by atoms with van der Waals surface area (Å²) in [6.45, 7) is 4.88. The van der Waals surface area contributed by atoms with Gasteiger partial charge in [-0.3, -0.25) is 4.79 Å². The van der Waals surface area contributed by atoms with E-state index >= 15 is 0 Å². The average molecular weight is 356 g/mol. The van der Waals surface area contributed by atoms with Crippen LogP contribution < -0.4 is 5.32 Å². The van der Waals surface area contributed by atoms with Crippen LogP contribution in [0.1, 0.15) is 32.3 Å². The van der Waals surface area contributed by atoms with Crippen LogP contribution in [-0.4, -0.2) is 52.9 Å². The molecule has 5 nitrogen and oxygen atoms in total. The number of piperidine rings is 1. The molecule has 0 radical (unpaired) electrons. The zero-order chi connectivity index (χ0) is 18.7. The van der Waals surface area contributed by atoms with Gasteiger partial charge in [0.15, 0.2) is 17.2 Å². The predicted octanol–water partition coefficient (Wildman–Crippen LogP) is 1.43. The van der Waals surface area contributed by atoms with Gasteiger partial charge in [-0.25, -0.2) is 8.78 Å². The van der Waals surface area contributed by atoms with Gasteiger partial charge in [0.25, 0.3) is 5.91 Å². The average Bonchev–Trinajstić information content (AvgIpc) is 2.55. The van der Waals surface area contributed by atoms with Crippen LogP contribution in [0.3, 0.4) is 0 Å². The monoisotopic (exact) mass is 356 g/mol. The number of halogens is 2. The lowest BCUT2D eigenvalue weighted by atomic mass is 9.90. The van der Waals surface area contributed by atoms with Crippen LogP contribution in [0.5, 0.6) is 0 Å². The number of carbonyl (C=O) groups excluding carboxylic acids is 1. The van der Waals surface area contributed by atoms with E-state index in [1.807, 2.05) is 13.8 Å². The molecule has 2 rings (SSSR count). The Balaban J connectivity index is 2.00. The minimum atomic E-state index is -1.53. The number of carbonyl (C=O) groups is 1. The maximum atomic E-state index is 13.3. The summed E-state index contributed by atoms with van der Waals surface area (Å²) in [6, 6.07) is 3.53. The molecular formula is C18H26F2N2O3. The number of rotatable bonds is 7. The first-order chi connectivity index (χ1) is 11.7. The molecule has 0 bridgehead atoms. The number of likely N-dealkylation sites (tertiary alicyclic amines) is 1. The molecule has 0 aromatic heterocycles. The molecule has 1 atom stereocenters. The topological polar surface area (TPSA) is 72.8 Å². The lowest BCUT2D eigenvalue weighted by molar-refractivity contribution is -0.157. The molecule has 7 heteroatoms. The molecule has 25 heavy (non-hydrogen) atoms. The lowest BCUT2D eigenvalue weighted by Crippen LogP contribution is -2.58. The molecule has 1 amide bonds. The zero-order valence-electron chi connectivity index (χ0n) is 14.7. The minimum absolute atomic E-state index is 0.00533. The van der Waals surface area contributed by atoms with E-state index in [1.165, 1.54) is 11.0 Å². The van der Waals surface area contributed by atoms with E-state index < -0.39 is 23.1 Å². The number of hydrogen-bond donors (Lipinski definition) is 3. The Hall–Kier alpha value is -1.57. The van der Waals surface area contributed by atoms with Gasteiger partial charge in [-0.05, 0) is 30.5 Å². The van der Waals surface area contributed by atoms with Crippen LogP contribution >= 0.6 is 0 Å². The molecule has 1 aliphatic rings. The van der Waals surface area contributed by atoms with Crippen molar-refractivity contribution < 1.29 is 23.8 Å². The van der Waals surface area contributed by atoms with Gasteiger partial charge < -0.3 is 20.4 Å². The number of benzene rings is 1. The standard InChI is InChI=1S/C18H26F2N2O3/c1-17(2,12-23)10-21-11-18(25)6-3-7-22(16(18)24)9-13-4-5-14(19)15(20)8-13/h4-5,8,21,23,25H,3,6-7,9-12H2,1-2H3/t18-/m1/s1. The predicted molar refractivity (Wildman–Crippen MR) is 89.7 cm³/mol. The Morgan fingerprint density at radius 3 is 2.68 bits per heavy atom. The van der Waals surface area contributed by atoms with Gasteiger partial charge in [0.1, 0.15) is 0 Å². The highest BCUT2D eigenvalue weighted by molar-refractivity contribution is 5.86. The highest BCUT2D eigenvalue weighted by Gasteiger charge is 2.42. The van der Waals surface area contributed by atoms with Gasteiger partial charge in [-0.15, -0.1) is 0 Å². The molecule has 140 valence electrons. The van der Waals surface area contributed by atoms with Crippen LogP contribution in [0.25, 0.3) is 0 Å². The number of nitrogens with zero attached hydrogens (tertiary/aromatic N) is 1. The normalized spacial score (nSPS) is 21.7. The summed E-state index contributed by atoms with van der Waals surface area (Å²) >= 11 is 0. The maximum absolute atomic E-state index is 13.3. The largest absolute Gasteiger partial charge is 0.396 e. The lowest BCUT2D eigenvalue weighted by Gasteiger charge is -2.39. The Kier molecular flexibility index (Phi) is 6.13. The molecule has 1 aliphatic heterocycles. The molecule has 1 aromatic rings. The van der Waals surface area contributed by atoms with Crippen LogP contribution in [0, 0.1) is 17.0 Å². The fourth-order valence-corrected chi connectivity index (χ4v) is 2.90. The summed E-state index contributed by atoms with van der Waals surface area (Å²) < 4.78 is 26.4. The van der Waals surface area contributed by atoms with Gasteiger partial charge in [0.05, 0.1) is 0 Å². The van der Waals surface area contributed by atoms with E-state index in [-0.39, 0.29) is 25.1 Å². The molecule has 1 aromatic carbocycles. The Labute approximate surface area is 146 Å². The Morgan fingerprint density at radius 2 is 2.04 bits per heavy atom. The van der Waals surface area contributed by atoms with Crippen molar-refractivity contribution in [3.05, 3.63) is 35.4 Å². The third-order valence-electron chi connectivity index (χ3n) is 4.51. The highest BCUT2D eigenvalue weighted by Crippen LogP contribution is 2.24. The van der Waals surface area contributed by atoms with Crippen molar-refractivity contribution in [1.29, 1.82) is 0 Å². The Morgan fingerprint density at radius 1 is 1.32 bits per heavy atom. The second-order valence-corrected chi connectivity index (χ2v) is 7.54. The van der Waals surface area contributed by atoms with Crippen LogP contribution in [0.15, 0.2) is 18.2 Å². The van der Waals surface area contributed by atoms with E-state index in [9.17, 15) is 23.8 Å². The van der Waals surface area contributed by atoms with E-state index in [4.69, 9.17) is 0 Å². The van der Waals surface area contributed by atoms with Crippen molar-refractivity contribution in [3.63, 3.8) is 0 Å². The fraction of sp³-hybridized carbons (Fsp3) is 0.611. The second-order valence-electron chi connectivity index (χ2n) is 7.54. The van der Waals surface area contributed by atoms with Crippen LogP contribution in [0.2, 0.25) is 0 Å². The van der Waals surface area contributed by atoms with Crippen LogP contribution in [0.4, 0.5) is 8.78 Å². The van der Waals surface area contributed by atoms with Gasteiger partial charge >= 0.3 is 0 Å². The zero-order valence-corrected chi connectivity index (χ0v) is 14.7. The first-order valence-corrected chi connectivity index (χ1v) is 8.44. The first-order valence-electron chi connectivity index (χ1n) is 8.44. The summed E-state index contributed by atoms with van der Waals surface area (Å²) in [5.41, 5.74) is -1.40. The van der Waals surface area contributed by atoms with Crippen molar-refractivity contribution in [2.75, 3.05) is 26.2 Å². The third kappa shape index (κ3) is 4.96. The summed E-state index contributed by atoms with van der Waals surface area (Å²) in [6.07, 6.45) is 0.962. The summed E-state index contributed by atoms with van der Waals surface area (Å²) in [5.74, 6) is -2.30. The van der Waals surface area contributed by atoms with Gasteiger partial charge in [0.2, 0.25) is 0 Å². The number of hydrogen-bond acceptors (Lipinski definition) is 4. The fourth-order valence-electron chi connectivity index (χ4n) is 2.90. The van der Waals surface area contributed by atoms with E-state index in [2.05, 4.69) is 5.32 Å². The second kappa shape index (κ2) is 7.76. The van der Waals surface area contributed by atoms with E-state index in [0.717, 1.165) is 12.1 Å². The van der Waals surface area contributed by atoms with E-state index in [1.54, 1.807) is 0 Å². The van der Waals surface area contributed by atoms with Gasteiger partial charge in [-0.1, -0.05) is 19.9 Å². The summed E-state index contributed by atoms with van der Waals surface area (Å²) in [5, 5.41) is 23.0. The third-order valence-corrected chi connectivity index (χ3v) is 4.51. The van der Waals surface area contributed by atoms with E-state index in [0.29, 0.717) is 31.5 Å². The summed E-state index contributed by atoms with van der Waals surface area (Å²) in [4.78, 5) is 14.1. The minimum Gasteiger partial charge on any atom is -0.396 e. The molecule has 3 N–H and O–H groups in total. The molecule has 0 unspecified atom stereocenters. The van der Waals surface area contributed by atoms with Crippen molar-refractivity contribution in [3.8, 4) is 0 Å². The van der Waals surface area contributed by atoms with Crippen molar-refractivity contribution in [1.82, 2.24) is 10.2 Å². The van der Waals surface area contributed by atoms with Gasteiger partial charge in [0, 0.05) is 38.2 Å². The van der Waals surface area contributed by atoms with Crippen molar-refractivity contribution in [2.45, 2.75) is 38.8 Å². The maximum Gasteiger partial charge on any atom is 0.256 e. The van der Waals surface area contributed by atoms with Crippen LogP contribution in [-0.2, 0) is 11.3 Å². The van der Waals surface area contributed by atoms with Crippen molar-refractivity contribution in [2.24, 2.45) is 5.41 Å². The Bertz CT molecular complexity index is 624. The smallest absolute Gasteiger partial charge is 0.256 e. The number of amides is 1. The number of aliphatic hydroxyl groups excluding tert-OH is 1. The quantitative estimate of drug-likeness (QED) is 0.691. The molecule has 1 heterocycles. The molecular weight excluding hydrogens is 330 g/mol. The molecule has 1 saturated heterocycles. The SMILES string of the molecule is CC(C)(CO)CNC[C@]1(O)CCCN(Cc2ccc(F)c(F)c2)C1=O. The summed E-state index contributed by atoms with van der Waals surface area (Å²) in [7, 11) is 0. The first kappa shape index (κ1) is 19.8. The number of aliphatic hydroxyl groups is 2. The highest BCUT2D eigenvalue weighted by atomic mass is 19.2. The number of nitrogens with one attached hydrogen (secondary N) is 1. The van der Waals surface area contributed by atoms with Gasteiger partial charge in [-0.2, -0.15) is 0 Å². The molecule has 0 saturated carbocycles. The molecule has 0 spiro atoms. The molecule has 0 aliphatic carbocycles. The molecule has 1 fully saturated rings.